The number of ether oxygens (including phenoxy) is 3. The first kappa shape index (κ1) is 15.1. The molecule has 0 bridgehead atoms. The van der Waals surface area contributed by atoms with E-state index in [1.165, 1.54) is 14.2 Å². The molecule has 3 rings (SSSR count). The molecule has 2 aromatic rings. The average molecular weight is 318 g/mol. The Morgan fingerprint density at radius 3 is 2.43 bits per heavy atom. The molecule has 1 unspecified atom stereocenters. The number of methoxy groups -OCH3 is 2. The topological polar surface area (TPSA) is 88.4 Å². The van der Waals surface area contributed by atoms with Gasteiger partial charge >= 0.3 is 0 Å². The highest BCUT2D eigenvalue weighted by atomic mass is 16.5. The molecule has 1 aliphatic rings. The van der Waals surface area contributed by atoms with E-state index in [-0.39, 0.29) is 28.9 Å². The van der Waals surface area contributed by atoms with E-state index in [0.717, 1.165) is 5.56 Å². The van der Waals surface area contributed by atoms with E-state index in [1.807, 2.05) is 0 Å². The molecular formula is C17H18O6. The van der Waals surface area contributed by atoms with Gasteiger partial charge < -0.3 is 29.5 Å². The monoisotopic (exact) mass is 318 g/mol. The van der Waals surface area contributed by atoms with E-state index >= 15 is 0 Å². The third-order valence-corrected chi connectivity index (χ3v) is 4.07. The van der Waals surface area contributed by atoms with Crippen LogP contribution < -0.4 is 14.2 Å². The minimum absolute atomic E-state index is 0.0392. The van der Waals surface area contributed by atoms with Crippen LogP contribution in [0.3, 0.4) is 0 Å². The predicted octanol–water partition coefficient (Wildman–Crippen LogP) is 2.54. The van der Waals surface area contributed by atoms with Crippen LogP contribution >= 0.6 is 0 Å². The largest absolute Gasteiger partial charge is 0.504 e. The standard InChI is InChI=1S/C17H18O6/c1-21-13-4-3-11(16(19)17(13)20)10-5-9-6-12(18)15(22-2)7-14(9)23-8-10/h3-4,6-7,10,18-20H,5,8H2,1-2H3. The Balaban J connectivity index is 1.93. The minimum atomic E-state index is -0.284. The molecule has 122 valence electrons. The molecule has 1 atom stereocenters. The summed E-state index contributed by atoms with van der Waals surface area (Å²) < 4.78 is 15.8. The molecule has 1 aliphatic heterocycles. The molecule has 6 heteroatoms. The fourth-order valence-corrected chi connectivity index (χ4v) is 2.84. The van der Waals surface area contributed by atoms with E-state index < -0.39 is 0 Å². The van der Waals surface area contributed by atoms with Gasteiger partial charge in [0.05, 0.1) is 20.8 Å². The molecule has 0 aliphatic carbocycles. The van der Waals surface area contributed by atoms with Crippen molar-refractivity contribution in [3.8, 4) is 34.5 Å². The molecule has 0 spiro atoms. The Morgan fingerprint density at radius 2 is 1.74 bits per heavy atom. The first-order valence-electron chi connectivity index (χ1n) is 7.16. The molecule has 0 saturated carbocycles. The summed E-state index contributed by atoms with van der Waals surface area (Å²) in [6.07, 6.45) is 0.562. The first-order valence-corrected chi connectivity index (χ1v) is 7.16. The second kappa shape index (κ2) is 5.79. The molecule has 0 radical (unpaired) electrons. The highest BCUT2D eigenvalue weighted by molar-refractivity contribution is 5.57. The number of benzene rings is 2. The normalized spacial score (nSPS) is 16.3. The van der Waals surface area contributed by atoms with Crippen LogP contribution in [0.25, 0.3) is 0 Å². The van der Waals surface area contributed by atoms with E-state index in [4.69, 9.17) is 14.2 Å². The highest BCUT2D eigenvalue weighted by Gasteiger charge is 2.27. The number of phenolic OH excluding ortho intramolecular Hbond substituents is 3. The lowest BCUT2D eigenvalue weighted by atomic mass is 9.89. The van der Waals surface area contributed by atoms with Gasteiger partial charge in [-0.3, -0.25) is 0 Å². The summed E-state index contributed by atoms with van der Waals surface area (Å²) in [6.45, 7) is 0.347. The Morgan fingerprint density at radius 1 is 1.00 bits per heavy atom. The molecule has 0 aromatic heterocycles. The lowest BCUT2D eigenvalue weighted by Gasteiger charge is -2.27. The van der Waals surface area contributed by atoms with Gasteiger partial charge in [-0.1, -0.05) is 6.07 Å². The third kappa shape index (κ3) is 2.56. The van der Waals surface area contributed by atoms with Gasteiger partial charge in [-0.05, 0) is 24.1 Å². The third-order valence-electron chi connectivity index (χ3n) is 4.07. The summed E-state index contributed by atoms with van der Waals surface area (Å²) in [5.74, 6) is 0.614. The van der Waals surface area contributed by atoms with Crippen LogP contribution in [0, 0.1) is 0 Å². The molecule has 0 saturated heterocycles. The van der Waals surface area contributed by atoms with Crippen molar-refractivity contribution in [3.63, 3.8) is 0 Å². The number of hydrogen-bond donors (Lipinski definition) is 3. The van der Waals surface area contributed by atoms with Crippen LogP contribution in [0.4, 0.5) is 0 Å². The maximum atomic E-state index is 10.2. The number of rotatable bonds is 3. The zero-order valence-electron chi connectivity index (χ0n) is 12.9. The van der Waals surface area contributed by atoms with Crippen LogP contribution in [0.5, 0.6) is 34.5 Å². The molecule has 3 N–H and O–H groups in total. The maximum absolute atomic E-state index is 10.2. The Labute approximate surface area is 133 Å². The molecule has 23 heavy (non-hydrogen) atoms. The highest BCUT2D eigenvalue weighted by Crippen LogP contribution is 2.45. The van der Waals surface area contributed by atoms with Crippen molar-refractivity contribution in [1.82, 2.24) is 0 Å². The van der Waals surface area contributed by atoms with Crippen LogP contribution in [0.2, 0.25) is 0 Å². The van der Waals surface area contributed by atoms with Crippen molar-refractivity contribution >= 4 is 0 Å². The van der Waals surface area contributed by atoms with Gasteiger partial charge in [-0.15, -0.1) is 0 Å². The van der Waals surface area contributed by atoms with Crippen molar-refractivity contribution in [2.75, 3.05) is 20.8 Å². The second-order valence-corrected chi connectivity index (χ2v) is 5.40. The van der Waals surface area contributed by atoms with Gasteiger partial charge in [0.25, 0.3) is 0 Å². The number of phenols is 3. The Bertz CT molecular complexity index is 740. The van der Waals surface area contributed by atoms with E-state index in [9.17, 15) is 15.3 Å². The van der Waals surface area contributed by atoms with Crippen LogP contribution in [0.1, 0.15) is 17.0 Å². The maximum Gasteiger partial charge on any atom is 0.200 e. The van der Waals surface area contributed by atoms with Crippen molar-refractivity contribution in [2.24, 2.45) is 0 Å². The molecule has 6 nitrogen and oxygen atoms in total. The second-order valence-electron chi connectivity index (χ2n) is 5.40. The molecular weight excluding hydrogens is 300 g/mol. The van der Waals surface area contributed by atoms with E-state index in [2.05, 4.69) is 0 Å². The fourth-order valence-electron chi connectivity index (χ4n) is 2.84. The van der Waals surface area contributed by atoms with E-state index in [0.29, 0.717) is 30.1 Å². The molecule has 1 heterocycles. The van der Waals surface area contributed by atoms with Crippen LogP contribution in [-0.4, -0.2) is 36.1 Å². The Hall–Kier alpha value is -2.76. The fraction of sp³-hybridized carbons (Fsp3) is 0.294. The Kier molecular flexibility index (Phi) is 3.82. The van der Waals surface area contributed by atoms with Gasteiger partial charge in [0, 0.05) is 17.5 Å². The van der Waals surface area contributed by atoms with Crippen molar-refractivity contribution < 1.29 is 29.5 Å². The zero-order valence-corrected chi connectivity index (χ0v) is 12.9. The average Bonchev–Trinajstić information content (AvgIpc) is 2.56. The smallest absolute Gasteiger partial charge is 0.200 e. The molecule has 0 amide bonds. The van der Waals surface area contributed by atoms with E-state index in [1.54, 1.807) is 24.3 Å². The SMILES string of the molecule is COc1cc2c(cc1O)CC(c1ccc(OC)c(O)c1O)CO2. The minimum Gasteiger partial charge on any atom is -0.504 e. The molecule has 2 aromatic carbocycles. The lowest BCUT2D eigenvalue weighted by Crippen LogP contribution is -2.19. The summed E-state index contributed by atoms with van der Waals surface area (Å²) in [4.78, 5) is 0. The first-order chi connectivity index (χ1) is 11.0. The summed E-state index contributed by atoms with van der Waals surface area (Å²) >= 11 is 0. The van der Waals surface area contributed by atoms with Crippen LogP contribution in [0.15, 0.2) is 24.3 Å². The van der Waals surface area contributed by atoms with Gasteiger partial charge in [0.2, 0.25) is 5.75 Å². The summed E-state index contributed by atoms with van der Waals surface area (Å²) in [5, 5.41) is 30.0. The van der Waals surface area contributed by atoms with Crippen molar-refractivity contribution in [1.29, 1.82) is 0 Å². The summed E-state index contributed by atoms with van der Waals surface area (Å²) in [7, 11) is 2.90. The number of fused-ring (bicyclic) bond motifs is 1. The van der Waals surface area contributed by atoms with Crippen molar-refractivity contribution in [2.45, 2.75) is 12.3 Å². The quantitative estimate of drug-likeness (QED) is 0.754. The van der Waals surface area contributed by atoms with Gasteiger partial charge in [0.15, 0.2) is 23.0 Å². The zero-order chi connectivity index (χ0) is 16.6. The van der Waals surface area contributed by atoms with Crippen molar-refractivity contribution in [3.05, 3.63) is 35.4 Å². The van der Waals surface area contributed by atoms with Gasteiger partial charge in [0.1, 0.15) is 5.75 Å². The summed E-state index contributed by atoms with van der Waals surface area (Å²) in [5.41, 5.74) is 1.39. The van der Waals surface area contributed by atoms with Gasteiger partial charge in [-0.25, -0.2) is 0 Å². The van der Waals surface area contributed by atoms with Gasteiger partial charge in [-0.2, -0.15) is 0 Å². The predicted molar refractivity (Wildman–Crippen MR) is 82.9 cm³/mol. The van der Waals surface area contributed by atoms with Crippen LogP contribution in [-0.2, 0) is 6.42 Å². The summed E-state index contributed by atoms with van der Waals surface area (Å²) in [6, 6.07) is 6.55. The number of aromatic hydroxyl groups is 3. The number of hydrogen-bond acceptors (Lipinski definition) is 6. The molecule has 0 fully saturated rings. The lowest BCUT2D eigenvalue weighted by molar-refractivity contribution is 0.255.